The lowest BCUT2D eigenvalue weighted by Crippen LogP contribution is -2.29. The zero-order valence-corrected chi connectivity index (χ0v) is 11.1. The quantitative estimate of drug-likeness (QED) is 0.861. The first-order valence-electron chi connectivity index (χ1n) is 6.67. The van der Waals surface area contributed by atoms with Gasteiger partial charge >= 0.3 is 0 Å². The van der Waals surface area contributed by atoms with Gasteiger partial charge in [-0.15, -0.1) is 0 Å². The van der Waals surface area contributed by atoms with E-state index in [2.05, 4.69) is 37.4 Å². The molecule has 0 bridgehead atoms. The summed E-state index contributed by atoms with van der Waals surface area (Å²) in [5.74, 6) is 2.41. The lowest BCUT2D eigenvalue weighted by atomic mass is 9.85. The molecule has 0 aliphatic carbocycles. The molecule has 1 unspecified atom stereocenters. The van der Waals surface area contributed by atoms with Crippen molar-refractivity contribution < 1.29 is 4.74 Å². The van der Waals surface area contributed by atoms with Crippen molar-refractivity contribution in [2.24, 2.45) is 5.92 Å². The number of hydrogen-bond acceptors (Lipinski definition) is 2. The van der Waals surface area contributed by atoms with Crippen molar-refractivity contribution in [3.63, 3.8) is 0 Å². The number of nitrogens with one attached hydrogen (secondary N) is 1. The van der Waals surface area contributed by atoms with Crippen LogP contribution in [0.2, 0.25) is 0 Å². The van der Waals surface area contributed by atoms with E-state index in [0.29, 0.717) is 5.92 Å². The molecule has 0 spiro atoms. The van der Waals surface area contributed by atoms with Gasteiger partial charge in [0.1, 0.15) is 5.75 Å². The van der Waals surface area contributed by atoms with Gasteiger partial charge in [-0.25, -0.2) is 0 Å². The van der Waals surface area contributed by atoms with Gasteiger partial charge < -0.3 is 10.1 Å². The van der Waals surface area contributed by atoms with Gasteiger partial charge in [0.15, 0.2) is 0 Å². The highest BCUT2D eigenvalue weighted by Crippen LogP contribution is 2.31. The van der Waals surface area contributed by atoms with Crippen LogP contribution in [0.25, 0.3) is 0 Å². The highest BCUT2D eigenvalue weighted by atomic mass is 16.5. The molecule has 1 heterocycles. The van der Waals surface area contributed by atoms with Crippen LogP contribution < -0.4 is 10.1 Å². The Kier molecular flexibility index (Phi) is 4.06. The molecular weight excluding hydrogens is 210 g/mol. The molecule has 0 fully saturated rings. The van der Waals surface area contributed by atoms with E-state index in [4.69, 9.17) is 4.74 Å². The van der Waals surface area contributed by atoms with Crippen LogP contribution in [0.5, 0.6) is 5.75 Å². The van der Waals surface area contributed by atoms with Crippen LogP contribution in [0.4, 0.5) is 0 Å². The topological polar surface area (TPSA) is 21.3 Å². The molecule has 0 aromatic heterocycles. The summed E-state index contributed by atoms with van der Waals surface area (Å²) < 4.78 is 5.56. The molecule has 0 amide bonds. The van der Waals surface area contributed by atoms with Gasteiger partial charge in [-0.05, 0) is 48.4 Å². The third-order valence-corrected chi connectivity index (χ3v) is 3.33. The molecule has 2 rings (SSSR count). The molecule has 1 aromatic rings. The lowest BCUT2D eigenvalue weighted by molar-refractivity contribution is 0.339. The Morgan fingerprint density at radius 1 is 1.41 bits per heavy atom. The number of benzene rings is 1. The second-order valence-corrected chi connectivity index (χ2v) is 5.25. The number of fused-ring (bicyclic) bond motifs is 1. The molecule has 0 radical (unpaired) electrons. The molecule has 1 N–H and O–H groups in total. The van der Waals surface area contributed by atoms with Crippen molar-refractivity contribution in [1.82, 2.24) is 5.32 Å². The monoisotopic (exact) mass is 233 g/mol. The summed E-state index contributed by atoms with van der Waals surface area (Å²) in [6, 6.07) is 6.56. The van der Waals surface area contributed by atoms with Crippen LogP contribution in [0.1, 0.15) is 44.2 Å². The van der Waals surface area contributed by atoms with Gasteiger partial charge in [-0.2, -0.15) is 0 Å². The van der Waals surface area contributed by atoms with Crippen molar-refractivity contribution in [3.05, 3.63) is 29.3 Å². The van der Waals surface area contributed by atoms with Crippen molar-refractivity contribution in [2.75, 3.05) is 13.2 Å². The van der Waals surface area contributed by atoms with E-state index >= 15 is 0 Å². The maximum Gasteiger partial charge on any atom is 0.119 e. The molecule has 17 heavy (non-hydrogen) atoms. The standard InChI is InChI=1S/C15H23NO/c1-4-17-14-5-6-15-12(7-11(2)3)9-16-10-13(15)8-14/h5-6,8,11-12,16H,4,7,9-10H2,1-3H3. The molecule has 1 aliphatic rings. The summed E-state index contributed by atoms with van der Waals surface area (Å²) in [6.07, 6.45) is 1.26. The summed E-state index contributed by atoms with van der Waals surface area (Å²) in [7, 11) is 0. The van der Waals surface area contributed by atoms with Crippen LogP contribution in [-0.4, -0.2) is 13.2 Å². The molecule has 0 saturated heterocycles. The second kappa shape index (κ2) is 5.54. The van der Waals surface area contributed by atoms with Crippen molar-refractivity contribution >= 4 is 0 Å². The summed E-state index contributed by atoms with van der Waals surface area (Å²) in [5, 5.41) is 3.51. The van der Waals surface area contributed by atoms with Crippen LogP contribution in [0.3, 0.4) is 0 Å². The number of ether oxygens (including phenoxy) is 1. The highest BCUT2D eigenvalue weighted by Gasteiger charge is 2.20. The van der Waals surface area contributed by atoms with Crippen molar-refractivity contribution in [2.45, 2.75) is 39.7 Å². The number of rotatable bonds is 4. The molecule has 1 atom stereocenters. The Morgan fingerprint density at radius 3 is 2.94 bits per heavy atom. The first-order valence-corrected chi connectivity index (χ1v) is 6.67. The summed E-state index contributed by atoms with van der Waals surface area (Å²) in [6.45, 7) is 9.44. The van der Waals surface area contributed by atoms with Gasteiger partial charge in [0.25, 0.3) is 0 Å². The summed E-state index contributed by atoms with van der Waals surface area (Å²) in [4.78, 5) is 0. The van der Waals surface area contributed by atoms with Crippen LogP contribution in [-0.2, 0) is 6.54 Å². The molecule has 2 nitrogen and oxygen atoms in total. The Balaban J connectivity index is 2.20. The van der Waals surface area contributed by atoms with Crippen molar-refractivity contribution in [3.8, 4) is 5.75 Å². The molecule has 0 saturated carbocycles. The van der Waals surface area contributed by atoms with Crippen LogP contribution >= 0.6 is 0 Å². The Morgan fingerprint density at radius 2 is 2.24 bits per heavy atom. The van der Waals surface area contributed by atoms with Gasteiger partial charge in [0.05, 0.1) is 6.61 Å². The van der Waals surface area contributed by atoms with E-state index < -0.39 is 0 Å². The summed E-state index contributed by atoms with van der Waals surface area (Å²) in [5.41, 5.74) is 2.92. The predicted molar refractivity (Wildman–Crippen MR) is 71.5 cm³/mol. The van der Waals surface area contributed by atoms with Gasteiger partial charge in [0, 0.05) is 13.1 Å². The molecule has 1 aromatic carbocycles. The number of hydrogen-bond donors (Lipinski definition) is 1. The Labute approximate surface area is 104 Å². The van der Waals surface area contributed by atoms with E-state index in [1.54, 1.807) is 0 Å². The van der Waals surface area contributed by atoms with E-state index in [9.17, 15) is 0 Å². The average molecular weight is 233 g/mol. The third kappa shape index (κ3) is 3.01. The summed E-state index contributed by atoms with van der Waals surface area (Å²) >= 11 is 0. The van der Waals surface area contributed by atoms with Gasteiger partial charge in [-0.3, -0.25) is 0 Å². The lowest BCUT2D eigenvalue weighted by Gasteiger charge is -2.28. The first kappa shape index (κ1) is 12.4. The van der Waals surface area contributed by atoms with Gasteiger partial charge in [0.2, 0.25) is 0 Å². The fourth-order valence-corrected chi connectivity index (χ4v) is 2.66. The van der Waals surface area contributed by atoms with E-state index in [-0.39, 0.29) is 0 Å². The second-order valence-electron chi connectivity index (χ2n) is 5.25. The fraction of sp³-hybridized carbons (Fsp3) is 0.600. The Hall–Kier alpha value is -1.02. The molecule has 94 valence electrons. The fourth-order valence-electron chi connectivity index (χ4n) is 2.66. The minimum Gasteiger partial charge on any atom is -0.494 e. The van der Waals surface area contributed by atoms with E-state index in [0.717, 1.165) is 31.4 Å². The minimum absolute atomic E-state index is 0.662. The molecule has 1 aliphatic heterocycles. The molecular formula is C15H23NO. The SMILES string of the molecule is CCOc1ccc2c(c1)CNCC2CC(C)C. The third-order valence-electron chi connectivity index (χ3n) is 3.33. The van der Waals surface area contributed by atoms with Crippen LogP contribution in [0, 0.1) is 5.92 Å². The van der Waals surface area contributed by atoms with Gasteiger partial charge in [-0.1, -0.05) is 19.9 Å². The maximum atomic E-state index is 5.56. The zero-order valence-electron chi connectivity index (χ0n) is 11.1. The molecule has 2 heteroatoms. The van der Waals surface area contributed by atoms with Crippen LogP contribution in [0.15, 0.2) is 18.2 Å². The van der Waals surface area contributed by atoms with E-state index in [1.165, 1.54) is 17.5 Å². The average Bonchev–Trinajstić information content (AvgIpc) is 2.29. The maximum absolute atomic E-state index is 5.56. The zero-order chi connectivity index (χ0) is 12.3. The predicted octanol–water partition coefficient (Wildman–Crippen LogP) is 3.32. The first-order chi connectivity index (χ1) is 8.20. The van der Waals surface area contributed by atoms with Crippen molar-refractivity contribution in [1.29, 1.82) is 0 Å². The normalized spacial score (nSPS) is 19.2. The smallest absolute Gasteiger partial charge is 0.119 e. The van der Waals surface area contributed by atoms with E-state index in [1.807, 2.05) is 6.92 Å². The minimum atomic E-state index is 0.662. The Bertz CT molecular complexity index is 373. The largest absolute Gasteiger partial charge is 0.494 e. The highest BCUT2D eigenvalue weighted by molar-refractivity contribution is 5.39.